The number of fused-ring (bicyclic) bond motifs is 1. The predicted octanol–water partition coefficient (Wildman–Crippen LogP) is 2.23. The van der Waals surface area contributed by atoms with Crippen molar-refractivity contribution in [2.24, 2.45) is 0 Å². The number of halogens is 1. The van der Waals surface area contributed by atoms with Crippen LogP contribution in [-0.2, 0) is 9.59 Å². The standard InChI is InChI=1S/C13H11ClN2O4/c14-8-3-1-2-7-4-5-15-12(11(7)8)16-9(13(19)20)6-10(17)18/h1-5,9H,6H2,(H,15,16)(H,17,18)(H,19,20). The third-order valence-corrected chi connectivity index (χ3v) is 3.04. The van der Waals surface area contributed by atoms with Crippen LogP contribution in [0.15, 0.2) is 30.5 Å². The molecule has 1 aromatic carbocycles. The zero-order chi connectivity index (χ0) is 14.7. The Bertz CT molecular complexity index is 669. The summed E-state index contributed by atoms with van der Waals surface area (Å²) in [6, 6.07) is 5.69. The van der Waals surface area contributed by atoms with Crippen molar-refractivity contribution in [2.45, 2.75) is 12.5 Å². The minimum Gasteiger partial charge on any atom is -0.481 e. The van der Waals surface area contributed by atoms with Crippen LogP contribution in [0.1, 0.15) is 6.42 Å². The number of nitrogens with one attached hydrogen (secondary N) is 1. The van der Waals surface area contributed by atoms with Crippen LogP contribution in [0, 0.1) is 0 Å². The number of nitrogens with zero attached hydrogens (tertiary/aromatic N) is 1. The van der Waals surface area contributed by atoms with Crippen LogP contribution < -0.4 is 5.32 Å². The second-order valence-corrected chi connectivity index (χ2v) is 4.54. The summed E-state index contributed by atoms with van der Waals surface area (Å²) in [4.78, 5) is 25.8. The van der Waals surface area contributed by atoms with Gasteiger partial charge in [-0.15, -0.1) is 0 Å². The van der Waals surface area contributed by atoms with Gasteiger partial charge in [0.25, 0.3) is 0 Å². The number of benzene rings is 1. The zero-order valence-corrected chi connectivity index (χ0v) is 11.0. The number of carboxylic acid groups (broad SMARTS) is 2. The Kier molecular flexibility index (Phi) is 4.05. The van der Waals surface area contributed by atoms with E-state index in [-0.39, 0.29) is 5.82 Å². The second-order valence-electron chi connectivity index (χ2n) is 4.13. The molecule has 104 valence electrons. The molecule has 20 heavy (non-hydrogen) atoms. The van der Waals surface area contributed by atoms with Gasteiger partial charge in [0.2, 0.25) is 0 Å². The van der Waals surface area contributed by atoms with E-state index in [0.717, 1.165) is 5.39 Å². The monoisotopic (exact) mass is 294 g/mol. The number of aromatic nitrogens is 1. The van der Waals surface area contributed by atoms with Gasteiger partial charge in [0.15, 0.2) is 0 Å². The minimum atomic E-state index is -1.28. The zero-order valence-electron chi connectivity index (χ0n) is 10.2. The molecule has 0 spiro atoms. The molecule has 0 aliphatic carbocycles. The molecule has 0 aliphatic rings. The van der Waals surface area contributed by atoms with Crippen molar-refractivity contribution in [3.8, 4) is 0 Å². The average Bonchev–Trinajstić information content (AvgIpc) is 2.37. The van der Waals surface area contributed by atoms with E-state index in [9.17, 15) is 9.59 Å². The lowest BCUT2D eigenvalue weighted by Crippen LogP contribution is -2.32. The highest BCUT2D eigenvalue weighted by Crippen LogP contribution is 2.29. The third-order valence-electron chi connectivity index (χ3n) is 2.73. The molecular formula is C13H11ClN2O4. The molecule has 1 atom stereocenters. The topological polar surface area (TPSA) is 99.5 Å². The molecule has 7 heteroatoms. The van der Waals surface area contributed by atoms with Crippen molar-refractivity contribution >= 4 is 40.1 Å². The first-order valence-electron chi connectivity index (χ1n) is 5.73. The van der Waals surface area contributed by atoms with Crippen LogP contribution in [0.2, 0.25) is 5.02 Å². The Balaban J connectivity index is 2.42. The Morgan fingerprint density at radius 1 is 1.30 bits per heavy atom. The van der Waals surface area contributed by atoms with E-state index < -0.39 is 24.4 Å². The Morgan fingerprint density at radius 3 is 2.70 bits per heavy atom. The van der Waals surface area contributed by atoms with Gasteiger partial charge in [-0.25, -0.2) is 9.78 Å². The molecule has 0 saturated heterocycles. The number of pyridine rings is 1. The fourth-order valence-corrected chi connectivity index (χ4v) is 2.11. The Labute approximate surface area is 119 Å². The molecule has 0 aliphatic heterocycles. The number of carbonyl (C=O) groups is 2. The van der Waals surface area contributed by atoms with E-state index >= 15 is 0 Å². The van der Waals surface area contributed by atoms with Crippen LogP contribution in [0.3, 0.4) is 0 Å². The molecule has 3 N–H and O–H groups in total. The quantitative estimate of drug-likeness (QED) is 0.782. The van der Waals surface area contributed by atoms with Crippen molar-refractivity contribution in [1.82, 2.24) is 4.98 Å². The number of rotatable bonds is 5. The molecular weight excluding hydrogens is 284 g/mol. The molecule has 1 heterocycles. The molecule has 0 amide bonds. The van der Waals surface area contributed by atoms with E-state index in [1.165, 1.54) is 6.20 Å². The summed E-state index contributed by atoms with van der Waals surface area (Å²) < 4.78 is 0. The molecule has 2 aromatic rings. The van der Waals surface area contributed by atoms with E-state index in [1.807, 2.05) is 0 Å². The normalized spacial score (nSPS) is 12.1. The number of aliphatic carboxylic acids is 2. The maximum atomic E-state index is 11.1. The summed E-state index contributed by atoms with van der Waals surface area (Å²) in [5, 5.41) is 22.1. The number of hydrogen-bond donors (Lipinski definition) is 3. The second kappa shape index (κ2) is 5.75. The number of anilines is 1. The maximum absolute atomic E-state index is 11.1. The van der Waals surface area contributed by atoms with Crippen molar-refractivity contribution in [1.29, 1.82) is 0 Å². The summed E-state index contributed by atoms with van der Waals surface area (Å²) in [6.45, 7) is 0. The largest absolute Gasteiger partial charge is 0.481 e. The summed E-state index contributed by atoms with van der Waals surface area (Å²) in [6.07, 6.45) is 0.943. The summed E-state index contributed by atoms with van der Waals surface area (Å²) in [5.41, 5.74) is 0. The van der Waals surface area contributed by atoms with Gasteiger partial charge >= 0.3 is 11.9 Å². The SMILES string of the molecule is O=C(O)CC(Nc1nccc2cccc(Cl)c12)C(=O)O. The van der Waals surface area contributed by atoms with Crippen molar-refractivity contribution in [3.05, 3.63) is 35.5 Å². The first-order chi connectivity index (χ1) is 9.49. The molecule has 2 rings (SSSR count). The average molecular weight is 295 g/mol. The van der Waals surface area contributed by atoms with Crippen molar-refractivity contribution < 1.29 is 19.8 Å². The van der Waals surface area contributed by atoms with E-state index in [4.69, 9.17) is 21.8 Å². The molecule has 0 saturated carbocycles. The van der Waals surface area contributed by atoms with Crippen LogP contribution in [0.5, 0.6) is 0 Å². The fraction of sp³-hybridized carbons (Fsp3) is 0.154. The van der Waals surface area contributed by atoms with Crippen molar-refractivity contribution in [2.75, 3.05) is 5.32 Å². The Morgan fingerprint density at radius 2 is 2.05 bits per heavy atom. The highest BCUT2D eigenvalue weighted by molar-refractivity contribution is 6.36. The van der Waals surface area contributed by atoms with Crippen LogP contribution in [-0.4, -0.2) is 33.2 Å². The maximum Gasteiger partial charge on any atom is 0.326 e. The van der Waals surface area contributed by atoms with E-state index in [1.54, 1.807) is 24.3 Å². The predicted molar refractivity (Wildman–Crippen MR) is 74.1 cm³/mol. The van der Waals surface area contributed by atoms with Crippen molar-refractivity contribution in [3.63, 3.8) is 0 Å². The molecule has 1 unspecified atom stereocenters. The first kappa shape index (κ1) is 14.1. The van der Waals surface area contributed by atoms with E-state index in [2.05, 4.69) is 10.3 Å². The van der Waals surface area contributed by atoms with Gasteiger partial charge in [0.1, 0.15) is 11.9 Å². The van der Waals surface area contributed by atoms with Gasteiger partial charge in [-0.05, 0) is 17.5 Å². The van der Waals surface area contributed by atoms with Gasteiger partial charge in [-0.2, -0.15) is 0 Å². The fourth-order valence-electron chi connectivity index (χ4n) is 1.84. The van der Waals surface area contributed by atoms with Crippen LogP contribution in [0.25, 0.3) is 10.8 Å². The van der Waals surface area contributed by atoms with Gasteiger partial charge in [0, 0.05) is 11.6 Å². The Hall–Kier alpha value is -2.34. The smallest absolute Gasteiger partial charge is 0.326 e. The molecule has 6 nitrogen and oxygen atoms in total. The lowest BCUT2D eigenvalue weighted by molar-refractivity contribution is -0.144. The first-order valence-corrected chi connectivity index (χ1v) is 6.11. The molecule has 0 radical (unpaired) electrons. The highest BCUT2D eigenvalue weighted by Gasteiger charge is 2.22. The molecule has 0 fully saturated rings. The lowest BCUT2D eigenvalue weighted by atomic mass is 10.1. The summed E-state index contributed by atoms with van der Waals surface area (Å²) in [7, 11) is 0. The van der Waals surface area contributed by atoms with Gasteiger partial charge in [-0.3, -0.25) is 4.79 Å². The minimum absolute atomic E-state index is 0.252. The number of hydrogen-bond acceptors (Lipinski definition) is 4. The van der Waals surface area contributed by atoms with Gasteiger partial charge < -0.3 is 15.5 Å². The lowest BCUT2D eigenvalue weighted by Gasteiger charge is -2.15. The van der Waals surface area contributed by atoms with Gasteiger partial charge in [0.05, 0.1) is 11.4 Å². The van der Waals surface area contributed by atoms with Gasteiger partial charge in [-0.1, -0.05) is 23.7 Å². The third kappa shape index (κ3) is 2.97. The summed E-state index contributed by atoms with van der Waals surface area (Å²) in [5.74, 6) is -2.23. The van der Waals surface area contributed by atoms with Crippen LogP contribution >= 0.6 is 11.6 Å². The number of carboxylic acids is 2. The van der Waals surface area contributed by atoms with Crippen LogP contribution in [0.4, 0.5) is 5.82 Å². The summed E-state index contributed by atoms with van der Waals surface area (Å²) >= 11 is 6.09. The molecule has 0 bridgehead atoms. The van der Waals surface area contributed by atoms with E-state index in [0.29, 0.717) is 10.4 Å². The molecule has 1 aromatic heterocycles. The highest BCUT2D eigenvalue weighted by atomic mass is 35.5.